The van der Waals surface area contributed by atoms with Gasteiger partial charge < -0.3 is 4.79 Å². The molecule has 4 nitrogen and oxygen atoms in total. The molecule has 0 fully saturated rings. The highest BCUT2D eigenvalue weighted by Crippen LogP contribution is 2.20. The zero-order chi connectivity index (χ0) is 9.26. The van der Waals surface area contributed by atoms with E-state index >= 15 is 0 Å². The summed E-state index contributed by atoms with van der Waals surface area (Å²) in [7, 11) is 0. The van der Waals surface area contributed by atoms with Crippen molar-refractivity contribution in [2.24, 2.45) is 0 Å². The predicted octanol–water partition coefficient (Wildman–Crippen LogP) is 1.39. The molecule has 0 unspecified atom stereocenters. The van der Waals surface area contributed by atoms with Crippen LogP contribution in [0.3, 0.4) is 0 Å². The van der Waals surface area contributed by atoms with Gasteiger partial charge in [0.15, 0.2) is 0 Å². The SMILES string of the molecule is O=CCn1nnc2c(Br)cccc21. The summed E-state index contributed by atoms with van der Waals surface area (Å²) >= 11 is 3.36. The standard InChI is InChI=1S/C8H6BrN3O/c9-6-2-1-3-7-8(6)10-11-12(7)4-5-13/h1-3,5H,4H2. The number of rotatable bonds is 2. The number of aromatic nitrogens is 3. The average molecular weight is 240 g/mol. The number of carbonyl (C=O) groups excluding carboxylic acids is 1. The normalized spacial score (nSPS) is 10.5. The van der Waals surface area contributed by atoms with E-state index < -0.39 is 0 Å². The largest absolute Gasteiger partial charge is 0.301 e. The molecule has 0 bridgehead atoms. The summed E-state index contributed by atoms with van der Waals surface area (Å²) in [6, 6.07) is 5.66. The maximum absolute atomic E-state index is 10.3. The fourth-order valence-electron chi connectivity index (χ4n) is 1.16. The predicted molar refractivity (Wildman–Crippen MR) is 51.3 cm³/mol. The first-order valence-electron chi connectivity index (χ1n) is 3.74. The first-order valence-corrected chi connectivity index (χ1v) is 4.53. The minimum atomic E-state index is 0.243. The third kappa shape index (κ3) is 1.35. The molecular weight excluding hydrogens is 234 g/mol. The van der Waals surface area contributed by atoms with Crippen molar-refractivity contribution in [1.29, 1.82) is 0 Å². The Kier molecular flexibility index (Phi) is 2.10. The van der Waals surface area contributed by atoms with Gasteiger partial charge in [-0.1, -0.05) is 11.3 Å². The monoisotopic (exact) mass is 239 g/mol. The highest BCUT2D eigenvalue weighted by Gasteiger charge is 2.05. The smallest absolute Gasteiger partial charge is 0.141 e. The van der Waals surface area contributed by atoms with E-state index in [2.05, 4.69) is 26.2 Å². The lowest BCUT2D eigenvalue weighted by atomic mass is 10.3. The van der Waals surface area contributed by atoms with Crippen molar-refractivity contribution in [3.8, 4) is 0 Å². The van der Waals surface area contributed by atoms with Crippen molar-refractivity contribution in [3.63, 3.8) is 0 Å². The zero-order valence-electron chi connectivity index (χ0n) is 6.64. The van der Waals surface area contributed by atoms with Crippen LogP contribution in [0.15, 0.2) is 22.7 Å². The number of nitrogens with zero attached hydrogens (tertiary/aromatic N) is 3. The highest BCUT2D eigenvalue weighted by molar-refractivity contribution is 9.10. The van der Waals surface area contributed by atoms with Gasteiger partial charge in [0.2, 0.25) is 0 Å². The number of fused-ring (bicyclic) bond motifs is 1. The number of hydrogen-bond donors (Lipinski definition) is 0. The Labute approximate surface area is 82.7 Å². The maximum Gasteiger partial charge on any atom is 0.141 e. The topological polar surface area (TPSA) is 47.8 Å². The van der Waals surface area contributed by atoms with Crippen LogP contribution < -0.4 is 0 Å². The molecule has 0 N–H and O–H groups in total. The maximum atomic E-state index is 10.3. The third-order valence-electron chi connectivity index (χ3n) is 1.74. The first kappa shape index (κ1) is 8.37. The van der Waals surface area contributed by atoms with Gasteiger partial charge in [-0.2, -0.15) is 0 Å². The molecule has 2 rings (SSSR count). The van der Waals surface area contributed by atoms with Gasteiger partial charge in [0.25, 0.3) is 0 Å². The summed E-state index contributed by atoms with van der Waals surface area (Å²) in [6.45, 7) is 0.243. The average Bonchev–Trinajstić information content (AvgIpc) is 2.51. The molecule has 1 aromatic heterocycles. The van der Waals surface area contributed by atoms with Crippen LogP contribution in [-0.2, 0) is 11.3 Å². The van der Waals surface area contributed by atoms with Gasteiger partial charge in [0.1, 0.15) is 11.8 Å². The van der Waals surface area contributed by atoms with Gasteiger partial charge in [-0.3, -0.25) is 0 Å². The van der Waals surface area contributed by atoms with Crippen molar-refractivity contribution in [2.75, 3.05) is 0 Å². The molecule has 2 aromatic rings. The van der Waals surface area contributed by atoms with E-state index in [1.165, 1.54) is 0 Å². The summed E-state index contributed by atoms with van der Waals surface area (Å²) in [6.07, 6.45) is 0.801. The molecule has 0 amide bonds. The summed E-state index contributed by atoms with van der Waals surface area (Å²) < 4.78 is 2.45. The molecule has 0 atom stereocenters. The van der Waals surface area contributed by atoms with Gasteiger partial charge in [-0.15, -0.1) is 5.10 Å². The Morgan fingerprint density at radius 1 is 1.54 bits per heavy atom. The number of benzene rings is 1. The lowest BCUT2D eigenvalue weighted by Crippen LogP contribution is -2.00. The number of halogens is 1. The Balaban J connectivity index is 2.67. The Hall–Kier alpha value is -1.23. The van der Waals surface area contributed by atoms with E-state index in [0.717, 1.165) is 21.8 Å². The third-order valence-corrected chi connectivity index (χ3v) is 2.38. The highest BCUT2D eigenvalue weighted by atomic mass is 79.9. The molecule has 0 aliphatic carbocycles. The van der Waals surface area contributed by atoms with Crippen molar-refractivity contribution < 1.29 is 4.79 Å². The van der Waals surface area contributed by atoms with Crippen LogP contribution in [0.25, 0.3) is 11.0 Å². The van der Waals surface area contributed by atoms with Crippen molar-refractivity contribution in [2.45, 2.75) is 6.54 Å². The van der Waals surface area contributed by atoms with Gasteiger partial charge in [0, 0.05) is 4.47 Å². The molecule has 1 heterocycles. The first-order chi connectivity index (χ1) is 6.33. The lowest BCUT2D eigenvalue weighted by molar-refractivity contribution is -0.108. The van der Waals surface area contributed by atoms with Crippen molar-refractivity contribution in [3.05, 3.63) is 22.7 Å². The fourth-order valence-corrected chi connectivity index (χ4v) is 1.60. The van der Waals surface area contributed by atoms with Crippen LogP contribution in [0.1, 0.15) is 0 Å². The van der Waals surface area contributed by atoms with Crippen molar-refractivity contribution >= 4 is 33.2 Å². The van der Waals surface area contributed by atoms with Gasteiger partial charge in [0.05, 0.1) is 12.1 Å². The molecule has 0 radical (unpaired) electrons. The fraction of sp³-hybridized carbons (Fsp3) is 0.125. The molecule has 1 aromatic carbocycles. The van der Waals surface area contributed by atoms with Crippen LogP contribution in [-0.4, -0.2) is 21.3 Å². The zero-order valence-corrected chi connectivity index (χ0v) is 8.23. The molecule has 13 heavy (non-hydrogen) atoms. The second kappa shape index (κ2) is 3.26. The van der Waals surface area contributed by atoms with Crippen LogP contribution in [0.4, 0.5) is 0 Å². The molecule has 0 aliphatic heterocycles. The van der Waals surface area contributed by atoms with E-state index in [-0.39, 0.29) is 6.54 Å². The van der Waals surface area contributed by atoms with E-state index in [1.54, 1.807) is 4.68 Å². The lowest BCUT2D eigenvalue weighted by Gasteiger charge is -1.94. The van der Waals surface area contributed by atoms with Gasteiger partial charge in [-0.05, 0) is 28.1 Å². The summed E-state index contributed by atoms with van der Waals surface area (Å²) in [5.74, 6) is 0. The van der Waals surface area contributed by atoms with Crippen LogP contribution in [0.5, 0.6) is 0 Å². The molecular formula is C8H6BrN3O. The summed E-state index contributed by atoms with van der Waals surface area (Å²) in [5.41, 5.74) is 1.64. The molecule has 66 valence electrons. The van der Waals surface area contributed by atoms with Crippen LogP contribution >= 0.6 is 15.9 Å². The summed E-state index contributed by atoms with van der Waals surface area (Å²) in [4.78, 5) is 10.3. The number of hydrogen-bond acceptors (Lipinski definition) is 3. The number of aldehydes is 1. The molecule has 0 saturated heterocycles. The molecule has 0 saturated carbocycles. The quantitative estimate of drug-likeness (QED) is 0.745. The Bertz CT molecular complexity index is 452. The van der Waals surface area contributed by atoms with Crippen LogP contribution in [0, 0.1) is 0 Å². The second-order valence-electron chi connectivity index (χ2n) is 2.55. The minimum Gasteiger partial charge on any atom is -0.301 e. The van der Waals surface area contributed by atoms with Gasteiger partial charge >= 0.3 is 0 Å². The van der Waals surface area contributed by atoms with E-state index in [1.807, 2.05) is 18.2 Å². The molecule has 0 aliphatic rings. The molecule has 5 heteroatoms. The molecule has 0 spiro atoms. The van der Waals surface area contributed by atoms with Crippen molar-refractivity contribution in [1.82, 2.24) is 15.0 Å². The van der Waals surface area contributed by atoms with Gasteiger partial charge in [-0.25, -0.2) is 4.68 Å². The number of carbonyl (C=O) groups is 1. The van der Waals surface area contributed by atoms with Crippen LogP contribution in [0.2, 0.25) is 0 Å². The Morgan fingerprint density at radius 2 is 2.38 bits per heavy atom. The van der Waals surface area contributed by atoms with E-state index in [4.69, 9.17) is 0 Å². The van der Waals surface area contributed by atoms with E-state index in [0.29, 0.717) is 0 Å². The second-order valence-corrected chi connectivity index (χ2v) is 3.40. The minimum absolute atomic E-state index is 0.243. The van der Waals surface area contributed by atoms with E-state index in [9.17, 15) is 4.79 Å². The summed E-state index contributed by atoms with van der Waals surface area (Å²) in [5, 5.41) is 7.80. The Morgan fingerprint density at radius 3 is 3.15 bits per heavy atom.